The van der Waals surface area contributed by atoms with Gasteiger partial charge in [0.1, 0.15) is 5.60 Å². The largest absolute Gasteiger partial charge is 0.444 e. The van der Waals surface area contributed by atoms with Crippen LogP contribution in [0.2, 0.25) is 0 Å². The van der Waals surface area contributed by atoms with Crippen LogP contribution in [0.3, 0.4) is 0 Å². The molecule has 0 aliphatic carbocycles. The van der Waals surface area contributed by atoms with Gasteiger partial charge in [0.15, 0.2) is 0 Å². The molecular formula is C29H37N5O3. The predicted molar refractivity (Wildman–Crippen MR) is 146 cm³/mol. The average molecular weight is 504 g/mol. The second kappa shape index (κ2) is 10.7. The number of piperazine rings is 1. The summed E-state index contributed by atoms with van der Waals surface area (Å²) in [5.41, 5.74) is 5.18. The fraction of sp³-hybridized carbons (Fsp3) is 0.414. The van der Waals surface area contributed by atoms with E-state index in [4.69, 9.17) is 4.74 Å². The van der Waals surface area contributed by atoms with Gasteiger partial charge in [-0.2, -0.15) is 5.10 Å². The Balaban J connectivity index is 1.42. The fourth-order valence-electron chi connectivity index (χ4n) is 4.44. The summed E-state index contributed by atoms with van der Waals surface area (Å²) in [5.74, 6) is -0.106. The molecule has 3 aromatic rings. The Morgan fingerprint density at radius 2 is 1.76 bits per heavy atom. The molecule has 196 valence electrons. The van der Waals surface area contributed by atoms with E-state index >= 15 is 0 Å². The van der Waals surface area contributed by atoms with Crippen LogP contribution >= 0.6 is 0 Å². The third-order valence-corrected chi connectivity index (χ3v) is 6.53. The SMILES string of the molecule is Cc1ccc(N2CCN(C(=O)OC(C)(C)C)CC2)cc1C(=O)N[C@H](C)c1cccc(-c2cnn(C)c2)c1. The molecule has 8 heteroatoms. The molecule has 1 saturated heterocycles. The lowest BCUT2D eigenvalue weighted by Crippen LogP contribution is -2.50. The zero-order valence-corrected chi connectivity index (χ0v) is 22.6. The number of benzene rings is 2. The molecule has 37 heavy (non-hydrogen) atoms. The van der Waals surface area contributed by atoms with Gasteiger partial charge in [0.05, 0.1) is 12.2 Å². The third-order valence-electron chi connectivity index (χ3n) is 6.53. The van der Waals surface area contributed by atoms with Crippen molar-refractivity contribution in [1.29, 1.82) is 0 Å². The number of nitrogens with one attached hydrogen (secondary N) is 1. The number of anilines is 1. The number of ether oxygens (including phenoxy) is 1. The molecule has 4 rings (SSSR count). The van der Waals surface area contributed by atoms with Crippen LogP contribution in [0.25, 0.3) is 11.1 Å². The highest BCUT2D eigenvalue weighted by atomic mass is 16.6. The van der Waals surface area contributed by atoms with E-state index in [-0.39, 0.29) is 18.0 Å². The fourth-order valence-corrected chi connectivity index (χ4v) is 4.44. The maximum atomic E-state index is 13.3. The van der Waals surface area contributed by atoms with Crippen molar-refractivity contribution in [1.82, 2.24) is 20.0 Å². The number of nitrogens with zero attached hydrogens (tertiary/aromatic N) is 4. The second-order valence-corrected chi connectivity index (χ2v) is 10.7. The molecule has 0 unspecified atom stereocenters. The van der Waals surface area contributed by atoms with Gasteiger partial charge in [-0.1, -0.05) is 24.3 Å². The van der Waals surface area contributed by atoms with Crippen LogP contribution in [0.5, 0.6) is 0 Å². The first kappa shape index (κ1) is 26.3. The molecule has 0 bridgehead atoms. The van der Waals surface area contributed by atoms with Crippen molar-refractivity contribution in [2.24, 2.45) is 7.05 Å². The predicted octanol–water partition coefficient (Wildman–Crippen LogP) is 4.94. The molecule has 0 spiro atoms. The van der Waals surface area contributed by atoms with E-state index in [1.54, 1.807) is 9.58 Å². The summed E-state index contributed by atoms with van der Waals surface area (Å²) in [6, 6.07) is 14.0. The van der Waals surface area contributed by atoms with Crippen LogP contribution in [-0.4, -0.2) is 58.5 Å². The number of rotatable bonds is 5. The summed E-state index contributed by atoms with van der Waals surface area (Å²) in [4.78, 5) is 29.6. The number of aromatic nitrogens is 2. The van der Waals surface area contributed by atoms with E-state index in [9.17, 15) is 9.59 Å². The second-order valence-electron chi connectivity index (χ2n) is 10.7. The van der Waals surface area contributed by atoms with Gasteiger partial charge in [0.25, 0.3) is 5.91 Å². The van der Waals surface area contributed by atoms with Crippen LogP contribution in [0, 0.1) is 6.92 Å². The molecule has 0 radical (unpaired) electrons. The highest BCUT2D eigenvalue weighted by Gasteiger charge is 2.26. The van der Waals surface area contributed by atoms with Gasteiger partial charge in [0.2, 0.25) is 0 Å². The Bertz CT molecular complexity index is 1270. The molecule has 1 aliphatic heterocycles. The van der Waals surface area contributed by atoms with Gasteiger partial charge in [-0.3, -0.25) is 9.48 Å². The number of aryl methyl sites for hydroxylation is 2. The van der Waals surface area contributed by atoms with Gasteiger partial charge in [-0.05, 0) is 69.5 Å². The highest BCUT2D eigenvalue weighted by molar-refractivity contribution is 5.97. The highest BCUT2D eigenvalue weighted by Crippen LogP contribution is 2.25. The Labute approximate surface area is 219 Å². The van der Waals surface area contributed by atoms with Gasteiger partial charge < -0.3 is 19.9 Å². The zero-order valence-electron chi connectivity index (χ0n) is 22.6. The maximum Gasteiger partial charge on any atom is 0.410 e. The van der Waals surface area contributed by atoms with E-state index in [1.807, 2.05) is 90.5 Å². The number of hydrogen-bond donors (Lipinski definition) is 1. The maximum absolute atomic E-state index is 13.3. The minimum Gasteiger partial charge on any atom is -0.444 e. The molecule has 2 aromatic carbocycles. The summed E-state index contributed by atoms with van der Waals surface area (Å²) in [5, 5.41) is 7.42. The Morgan fingerprint density at radius 3 is 2.41 bits per heavy atom. The van der Waals surface area contributed by atoms with Crippen molar-refractivity contribution < 1.29 is 14.3 Å². The Hall–Kier alpha value is -3.81. The van der Waals surface area contributed by atoms with Crippen LogP contribution in [0.15, 0.2) is 54.9 Å². The molecule has 8 nitrogen and oxygen atoms in total. The van der Waals surface area contributed by atoms with Crippen molar-refractivity contribution in [2.75, 3.05) is 31.1 Å². The number of amides is 2. The van der Waals surface area contributed by atoms with Crippen molar-refractivity contribution in [3.05, 3.63) is 71.5 Å². The van der Waals surface area contributed by atoms with Crippen LogP contribution in [0.1, 0.15) is 55.2 Å². The van der Waals surface area contributed by atoms with E-state index in [0.29, 0.717) is 31.7 Å². The van der Waals surface area contributed by atoms with E-state index in [1.165, 1.54) is 0 Å². The van der Waals surface area contributed by atoms with E-state index < -0.39 is 5.60 Å². The van der Waals surface area contributed by atoms with Crippen LogP contribution < -0.4 is 10.2 Å². The number of hydrogen-bond acceptors (Lipinski definition) is 5. The quantitative estimate of drug-likeness (QED) is 0.533. The third kappa shape index (κ3) is 6.50. The first-order valence-corrected chi connectivity index (χ1v) is 12.7. The number of carbonyl (C=O) groups excluding carboxylic acids is 2. The molecule has 0 saturated carbocycles. The standard InChI is InChI=1S/C29H37N5O3/c1-20-10-11-25(33-12-14-34(15-13-33)28(36)37-29(3,4)5)17-26(20)27(35)31-21(2)22-8-7-9-23(16-22)24-18-30-32(6)19-24/h7-11,16-19,21H,12-15H2,1-6H3,(H,31,35)/t21-/m1/s1. The van der Waals surface area contributed by atoms with E-state index in [0.717, 1.165) is 27.9 Å². The average Bonchev–Trinajstić information content (AvgIpc) is 3.29. The zero-order chi connectivity index (χ0) is 26.7. The smallest absolute Gasteiger partial charge is 0.410 e. The van der Waals surface area contributed by atoms with Gasteiger partial charge in [-0.25, -0.2) is 4.79 Å². The normalized spacial score (nSPS) is 14.9. The Kier molecular flexibility index (Phi) is 7.57. The lowest BCUT2D eigenvalue weighted by atomic mass is 10.0. The topological polar surface area (TPSA) is 79.7 Å². The summed E-state index contributed by atoms with van der Waals surface area (Å²) < 4.78 is 7.28. The van der Waals surface area contributed by atoms with E-state index in [2.05, 4.69) is 21.4 Å². The molecule has 2 heterocycles. The van der Waals surface area contributed by atoms with Gasteiger partial charge in [-0.15, -0.1) is 0 Å². The molecule has 1 aromatic heterocycles. The van der Waals surface area contributed by atoms with Crippen LogP contribution in [0.4, 0.5) is 10.5 Å². The monoisotopic (exact) mass is 503 g/mol. The summed E-state index contributed by atoms with van der Waals surface area (Å²) in [6.07, 6.45) is 3.53. The lowest BCUT2D eigenvalue weighted by molar-refractivity contribution is 0.0240. The molecular weight excluding hydrogens is 466 g/mol. The Morgan fingerprint density at radius 1 is 1.03 bits per heavy atom. The summed E-state index contributed by atoms with van der Waals surface area (Å²) in [6.45, 7) is 12.1. The van der Waals surface area contributed by atoms with Crippen LogP contribution in [-0.2, 0) is 11.8 Å². The van der Waals surface area contributed by atoms with Crippen molar-refractivity contribution in [3.8, 4) is 11.1 Å². The molecule has 1 fully saturated rings. The molecule has 1 atom stereocenters. The summed E-state index contributed by atoms with van der Waals surface area (Å²) in [7, 11) is 1.90. The number of carbonyl (C=O) groups is 2. The van der Waals surface area contributed by atoms with Crippen molar-refractivity contribution in [2.45, 2.75) is 46.3 Å². The molecule has 1 N–H and O–H groups in total. The van der Waals surface area contributed by atoms with Gasteiger partial charge in [0, 0.05) is 56.2 Å². The molecule has 1 aliphatic rings. The first-order chi connectivity index (χ1) is 17.5. The minimum atomic E-state index is -0.509. The minimum absolute atomic E-state index is 0.106. The molecule has 2 amide bonds. The van der Waals surface area contributed by atoms with Crippen molar-refractivity contribution in [3.63, 3.8) is 0 Å². The lowest BCUT2D eigenvalue weighted by Gasteiger charge is -2.37. The van der Waals surface area contributed by atoms with Gasteiger partial charge >= 0.3 is 6.09 Å². The van der Waals surface area contributed by atoms with Crippen molar-refractivity contribution >= 4 is 17.7 Å². The first-order valence-electron chi connectivity index (χ1n) is 12.7. The summed E-state index contributed by atoms with van der Waals surface area (Å²) >= 11 is 0.